The summed E-state index contributed by atoms with van der Waals surface area (Å²) in [5.74, 6) is -4.33. The lowest BCUT2D eigenvalue weighted by Gasteiger charge is -2.09. The number of benzene rings is 2. The van der Waals surface area contributed by atoms with E-state index in [1.165, 1.54) is 6.08 Å². The average molecular weight is 335 g/mol. The summed E-state index contributed by atoms with van der Waals surface area (Å²) in [6.07, 6.45) is 2.76. The van der Waals surface area contributed by atoms with Crippen molar-refractivity contribution in [2.45, 2.75) is 13.8 Å². The van der Waals surface area contributed by atoms with Gasteiger partial charge in [0.2, 0.25) is 5.91 Å². The number of amides is 1. The summed E-state index contributed by atoms with van der Waals surface area (Å²) < 4.78 is 44.7. The van der Waals surface area contributed by atoms with E-state index in [2.05, 4.69) is 5.32 Å². The van der Waals surface area contributed by atoms with Gasteiger partial charge < -0.3 is 10.1 Å². The van der Waals surface area contributed by atoms with Crippen LogP contribution in [-0.4, -0.2) is 13.0 Å². The second-order valence-electron chi connectivity index (χ2n) is 5.22. The normalized spacial score (nSPS) is 10.9. The fraction of sp³-hybridized carbons (Fsp3) is 0.167. The van der Waals surface area contributed by atoms with E-state index in [-0.39, 0.29) is 0 Å². The number of ether oxygens (including phenoxy) is 1. The fourth-order valence-electron chi connectivity index (χ4n) is 2.27. The molecular weight excluding hydrogens is 319 g/mol. The largest absolute Gasteiger partial charge is 0.497 e. The Hall–Kier alpha value is -2.76. The molecule has 0 saturated heterocycles. The van der Waals surface area contributed by atoms with Gasteiger partial charge in [0.05, 0.1) is 12.8 Å². The van der Waals surface area contributed by atoms with Gasteiger partial charge in [-0.2, -0.15) is 0 Å². The molecule has 0 radical (unpaired) electrons. The molecule has 0 heterocycles. The highest BCUT2D eigenvalue weighted by Gasteiger charge is 2.14. The van der Waals surface area contributed by atoms with Crippen LogP contribution in [0.2, 0.25) is 0 Å². The van der Waals surface area contributed by atoms with Crippen LogP contribution in [0.4, 0.5) is 18.9 Å². The molecule has 0 saturated carbocycles. The molecule has 0 aromatic heterocycles. The molecule has 6 heteroatoms. The van der Waals surface area contributed by atoms with E-state index >= 15 is 0 Å². The summed E-state index contributed by atoms with van der Waals surface area (Å²) in [6, 6.07) is 5.35. The second kappa shape index (κ2) is 7.21. The minimum atomic E-state index is -1.63. The number of nitrogens with one attached hydrogen (secondary N) is 1. The van der Waals surface area contributed by atoms with Crippen molar-refractivity contribution in [2.24, 2.45) is 0 Å². The van der Waals surface area contributed by atoms with Crippen LogP contribution < -0.4 is 10.1 Å². The molecule has 0 aliphatic heterocycles. The highest BCUT2D eigenvalue weighted by molar-refractivity contribution is 6.02. The van der Waals surface area contributed by atoms with E-state index in [0.29, 0.717) is 5.75 Å². The summed E-state index contributed by atoms with van der Waals surface area (Å²) in [6.45, 7) is 3.73. The van der Waals surface area contributed by atoms with Gasteiger partial charge in [-0.15, -0.1) is 0 Å². The van der Waals surface area contributed by atoms with E-state index in [4.69, 9.17) is 4.74 Å². The molecular formula is C18H16F3NO2. The minimum Gasteiger partial charge on any atom is -0.497 e. The van der Waals surface area contributed by atoms with Gasteiger partial charge in [0.25, 0.3) is 0 Å². The summed E-state index contributed by atoms with van der Waals surface area (Å²) in [5, 5.41) is 2.18. The van der Waals surface area contributed by atoms with Crippen molar-refractivity contribution in [3.63, 3.8) is 0 Å². The molecule has 2 aromatic carbocycles. The van der Waals surface area contributed by atoms with Gasteiger partial charge >= 0.3 is 0 Å². The fourth-order valence-corrected chi connectivity index (χ4v) is 2.27. The molecule has 1 amide bonds. The molecule has 24 heavy (non-hydrogen) atoms. The zero-order chi connectivity index (χ0) is 17.9. The molecule has 126 valence electrons. The number of carbonyl (C=O) groups excluding carboxylic acids is 1. The van der Waals surface area contributed by atoms with E-state index < -0.39 is 29.0 Å². The second-order valence-corrected chi connectivity index (χ2v) is 5.22. The SMILES string of the molecule is COc1cc(C)c(/C=C/C(=O)Nc2ccc(F)c(F)c2F)c(C)c1. The third-order valence-corrected chi connectivity index (χ3v) is 3.50. The van der Waals surface area contributed by atoms with Gasteiger partial charge in [-0.3, -0.25) is 4.79 Å². The van der Waals surface area contributed by atoms with E-state index in [1.807, 2.05) is 26.0 Å². The smallest absolute Gasteiger partial charge is 0.248 e. The van der Waals surface area contributed by atoms with E-state index in [0.717, 1.165) is 28.8 Å². The van der Waals surface area contributed by atoms with Crippen LogP contribution in [0, 0.1) is 31.3 Å². The van der Waals surface area contributed by atoms with Gasteiger partial charge in [-0.1, -0.05) is 0 Å². The first-order chi connectivity index (χ1) is 11.3. The Bertz CT molecular complexity index is 793. The molecule has 0 fully saturated rings. The molecule has 0 spiro atoms. The summed E-state index contributed by atoms with van der Waals surface area (Å²) in [7, 11) is 1.56. The summed E-state index contributed by atoms with van der Waals surface area (Å²) in [5.41, 5.74) is 2.19. The van der Waals surface area contributed by atoms with Crippen LogP contribution in [0.25, 0.3) is 6.08 Å². The number of halogens is 3. The molecule has 2 rings (SSSR count). The molecule has 3 nitrogen and oxygen atoms in total. The zero-order valence-corrected chi connectivity index (χ0v) is 13.4. The average Bonchev–Trinajstić information content (AvgIpc) is 2.54. The standard InChI is InChI=1S/C18H16F3NO2/c1-10-8-12(24-3)9-11(2)13(10)4-7-16(23)22-15-6-5-14(19)17(20)18(15)21/h4-9H,1-3H3,(H,22,23)/b7-4+. The molecule has 0 atom stereocenters. The number of aryl methyl sites for hydroxylation is 2. The van der Waals surface area contributed by atoms with Gasteiger partial charge in [0.15, 0.2) is 17.5 Å². The van der Waals surface area contributed by atoms with Gasteiger partial charge in [0.1, 0.15) is 5.75 Å². The number of methoxy groups -OCH3 is 1. The lowest BCUT2D eigenvalue weighted by Crippen LogP contribution is -2.10. The van der Waals surface area contributed by atoms with Gasteiger partial charge in [0, 0.05) is 6.08 Å². The number of anilines is 1. The maximum absolute atomic E-state index is 13.5. The maximum atomic E-state index is 13.5. The highest BCUT2D eigenvalue weighted by Crippen LogP contribution is 2.23. The quantitative estimate of drug-likeness (QED) is 0.665. The predicted molar refractivity (Wildman–Crippen MR) is 86.4 cm³/mol. The van der Waals surface area contributed by atoms with Crippen molar-refractivity contribution < 1.29 is 22.7 Å². The van der Waals surface area contributed by atoms with Crippen LogP contribution in [-0.2, 0) is 4.79 Å². The molecule has 0 aliphatic carbocycles. The van der Waals surface area contributed by atoms with E-state index in [1.54, 1.807) is 13.2 Å². The number of rotatable bonds is 4. The van der Waals surface area contributed by atoms with Crippen LogP contribution in [0.5, 0.6) is 5.75 Å². The monoisotopic (exact) mass is 335 g/mol. The molecule has 0 bridgehead atoms. The van der Waals surface area contributed by atoms with Crippen LogP contribution in [0.3, 0.4) is 0 Å². The van der Waals surface area contributed by atoms with Crippen molar-refractivity contribution in [3.8, 4) is 5.75 Å². The predicted octanol–water partition coefficient (Wildman–Crippen LogP) is 4.38. The topological polar surface area (TPSA) is 38.3 Å². The van der Waals surface area contributed by atoms with Crippen molar-refractivity contribution in [1.82, 2.24) is 0 Å². The van der Waals surface area contributed by atoms with Crippen molar-refractivity contribution >= 4 is 17.7 Å². The van der Waals surface area contributed by atoms with Crippen molar-refractivity contribution in [3.05, 3.63) is 64.5 Å². The Labute approximate surface area is 137 Å². The Morgan fingerprint density at radius 3 is 2.29 bits per heavy atom. The lowest BCUT2D eigenvalue weighted by molar-refractivity contribution is -0.111. The zero-order valence-electron chi connectivity index (χ0n) is 13.4. The van der Waals surface area contributed by atoms with Crippen molar-refractivity contribution in [1.29, 1.82) is 0 Å². The number of hydrogen-bond acceptors (Lipinski definition) is 2. The molecule has 1 N–H and O–H groups in total. The third kappa shape index (κ3) is 3.76. The molecule has 0 aliphatic rings. The Balaban J connectivity index is 2.19. The number of hydrogen-bond donors (Lipinski definition) is 1. The third-order valence-electron chi connectivity index (χ3n) is 3.50. The van der Waals surface area contributed by atoms with Crippen LogP contribution >= 0.6 is 0 Å². The Morgan fingerprint density at radius 1 is 1.08 bits per heavy atom. The maximum Gasteiger partial charge on any atom is 0.248 e. The van der Waals surface area contributed by atoms with Crippen LogP contribution in [0.15, 0.2) is 30.3 Å². The van der Waals surface area contributed by atoms with E-state index in [9.17, 15) is 18.0 Å². The minimum absolute atomic E-state index is 0.424. The summed E-state index contributed by atoms with van der Waals surface area (Å²) in [4.78, 5) is 11.9. The van der Waals surface area contributed by atoms with Crippen LogP contribution in [0.1, 0.15) is 16.7 Å². The number of carbonyl (C=O) groups is 1. The first-order valence-corrected chi connectivity index (χ1v) is 7.11. The lowest BCUT2D eigenvalue weighted by atomic mass is 10.0. The Kier molecular flexibility index (Phi) is 5.28. The van der Waals surface area contributed by atoms with Gasteiger partial charge in [-0.05, 0) is 60.9 Å². The first-order valence-electron chi connectivity index (χ1n) is 7.11. The summed E-state index contributed by atoms with van der Waals surface area (Å²) >= 11 is 0. The molecule has 2 aromatic rings. The Morgan fingerprint density at radius 2 is 1.71 bits per heavy atom. The highest BCUT2D eigenvalue weighted by atomic mass is 19.2. The first kappa shape index (κ1) is 17.6. The van der Waals surface area contributed by atoms with Crippen molar-refractivity contribution in [2.75, 3.05) is 12.4 Å². The molecule has 0 unspecified atom stereocenters. The van der Waals surface area contributed by atoms with Gasteiger partial charge in [-0.25, -0.2) is 13.2 Å².